The number of hydrogen-bond acceptors (Lipinski definition) is 3. The predicted octanol–water partition coefficient (Wildman–Crippen LogP) is 1.73. The van der Waals surface area contributed by atoms with Crippen molar-refractivity contribution in [1.82, 2.24) is 5.32 Å². The lowest BCUT2D eigenvalue weighted by Gasteiger charge is -2.40. The molecule has 4 heteroatoms. The number of carbonyl (C=O) groups is 1. The zero-order valence-electron chi connectivity index (χ0n) is 12.2. The van der Waals surface area contributed by atoms with Crippen molar-refractivity contribution in [2.75, 3.05) is 19.8 Å². The number of ether oxygens (including phenoxy) is 2. The average Bonchev–Trinajstić information content (AvgIpc) is 2.73. The van der Waals surface area contributed by atoms with Gasteiger partial charge >= 0.3 is 0 Å². The fourth-order valence-corrected chi connectivity index (χ4v) is 4.33. The van der Waals surface area contributed by atoms with E-state index in [2.05, 4.69) is 26.1 Å². The van der Waals surface area contributed by atoms with E-state index in [1.807, 2.05) is 0 Å². The summed E-state index contributed by atoms with van der Waals surface area (Å²) in [5.41, 5.74) is 0.553. The average molecular weight is 267 g/mol. The molecule has 2 saturated carbocycles. The summed E-state index contributed by atoms with van der Waals surface area (Å²) in [6.45, 7) is 8.56. The van der Waals surface area contributed by atoms with E-state index >= 15 is 0 Å². The zero-order valence-corrected chi connectivity index (χ0v) is 12.2. The first kappa shape index (κ1) is 13.4. The van der Waals surface area contributed by atoms with Gasteiger partial charge in [-0.15, -0.1) is 0 Å². The standard InChI is InChI=1S/C15H25NO3/c1-14(2)10-4-5-15(14,3)12(8-10)16-13(17)11-9-18-6-7-19-11/h10-12H,4-9H2,1-3H3,(H,16,17)/t10-,11+,12+,15-/m0/s1. The van der Waals surface area contributed by atoms with Crippen LogP contribution in [0.3, 0.4) is 0 Å². The van der Waals surface area contributed by atoms with Crippen molar-refractivity contribution in [3.63, 3.8) is 0 Å². The van der Waals surface area contributed by atoms with Crippen molar-refractivity contribution in [1.29, 1.82) is 0 Å². The normalized spacial score (nSPS) is 44.3. The third-order valence-corrected chi connectivity index (χ3v) is 6.22. The van der Waals surface area contributed by atoms with Crippen LogP contribution in [0.15, 0.2) is 0 Å². The quantitative estimate of drug-likeness (QED) is 0.829. The minimum atomic E-state index is -0.417. The second-order valence-electron chi connectivity index (χ2n) is 7.11. The Morgan fingerprint density at radius 1 is 1.26 bits per heavy atom. The van der Waals surface area contributed by atoms with E-state index in [0.29, 0.717) is 31.3 Å². The van der Waals surface area contributed by atoms with Gasteiger partial charge in [-0.05, 0) is 36.0 Å². The number of fused-ring (bicyclic) bond motifs is 2. The summed E-state index contributed by atoms with van der Waals surface area (Å²) in [7, 11) is 0. The third kappa shape index (κ3) is 1.91. The molecule has 1 N–H and O–H groups in total. The van der Waals surface area contributed by atoms with Gasteiger partial charge in [0.1, 0.15) is 0 Å². The van der Waals surface area contributed by atoms with E-state index in [0.717, 1.165) is 12.3 Å². The molecule has 4 atom stereocenters. The maximum atomic E-state index is 12.3. The molecule has 1 saturated heterocycles. The van der Waals surface area contributed by atoms with Gasteiger partial charge in [0.2, 0.25) is 0 Å². The van der Waals surface area contributed by atoms with Crippen LogP contribution < -0.4 is 5.32 Å². The first-order valence-electron chi connectivity index (χ1n) is 7.45. The smallest absolute Gasteiger partial charge is 0.251 e. The maximum absolute atomic E-state index is 12.3. The number of carbonyl (C=O) groups excluding carboxylic acids is 1. The molecule has 3 aliphatic rings. The molecule has 3 rings (SSSR count). The van der Waals surface area contributed by atoms with E-state index in [9.17, 15) is 4.79 Å². The van der Waals surface area contributed by atoms with Crippen molar-refractivity contribution in [3.05, 3.63) is 0 Å². The van der Waals surface area contributed by atoms with Gasteiger partial charge in [0.05, 0.1) is 19.8 Å². The molecular weight excluding hydrogens is 242 g/mol. The minimum Gasteiger partial charge on any atom is -0.376 e. The molecule has 108 valence electrons. The molecule has 1 heterocycles. The van der Waals surface area contributed by atoms with Crippen LogP contribution in [0.5, 0.6) is 0 Å². The molecule has 2 bridgehead atoms. The molecule has 0 radical (unpaired) electrons. The topological polar surface area (TPSA) is 47.6 Å². The van der Waals surface area contributed by atoms with Gasteiger partial charge in [-0.2, -0.15) is 0 Å². The highest BCUT2D eigenvalue weighted by Crippen LogP contribution is 2.65. The fourth-order valence-electron chi connectivity index (χ4n) is 4.33. The molecule has 0 aromatic rings. The monoisotopic (exact) mass is 267 g/mol. The molecule has 0 unspecified atom stereocenters. The van der Waals surface area contributed by atoms with Gasteiger partial charge in [-0.3, -0.25) is 4.79 Å². The van der Waals surface area contributed by atoms with Gasteiger partial charge in [0, 0.05) is 6.04 Å². The van der Waals surface area contributed by atoms with Crippen LogP contribution in [0.4, 0.5) is 0 Å². The number of rotatable bonds is 2. The maximum Gasteiger partial charge on any atom is 0.251 e. The molecule has 19 heavy (non-hydrogen) atoms. The van der Waals surface area contributed by atoms with Crippen molar-refractivity contribution in [2.45, 2.75) is 52.2 Å². The van der Waals surface area contributed by atoms with E-state index in [4.69, 9.17) is 9.47 Å². The van der Waals surface area contributed by atoms with Crippen LogP contribution in [0.25, 0.3) is 0 Å². The Balaban J connectivity index is 1.66. The Labute approximate surface area is 115 Å². The van der Waals surface area contributed by atoms with Crippen molar-refractivity contribution in [3.8, 4) is 0 Å². The lowest BCUT2D eigenvalue weighted by Crippen LogP contribution is -2.52. The van der Waals surface area contributed by atoms with Crippen LogP contribution >= 0.6 is 0 Å². The Morgan fingerprint density at radius 3 is 2.58 bits per heavy atom. The van der Waals surface area contributed by atoms with Crippen LogP contribution in [0.1, 0.15) is 40.0 Å². The van der Waals surface area contributed by atoms with E-state index < -0.39 is 6.10 Å². The van der Waals surface area contributed by atoms with Gasteiger partial charge in [-0.25, -0.2) is 0 Å². The molecule has 3 fully saturated rings. The molecule has 0 aromatic carbocycles. The highest BCUT2D eigenvalue weighted by Gasteiger charge is 2.61. The second kappa shape index (κ2) is 4.45. The second-order valence-corrected chi connectivity index (χ2v) is 7.11. The van der Waals surface area contributed by atoms with Gasteiger partial charge in [0.15, 0.2) is 6.10 Å². The zero-order chi connectivity index (χ0) is 13.7. The Morgan fingerprint density at radius 2 is 2.05 bits per heavy atom. The fraction of sp³-hybridized carbons (Fsp3) is 0.933. The summed E-state index contributed by atoms with van der Waals surface area (Å²) in [6.07, 6.45) is 3.22. The summed E-state index contributed by atoms with van der Waals surface area (Å²) in [5.74, 6) is 0.751. The number of amides is 1. The van der Waals surface area contributed by atoms with Crippen LogP contribution in [0, 0.1) is 16.7 Å². The van der Waals surface area contributed by atoms with E-state index in [-0.39, 0.29) is 11.3 Å². The molecule has 1 amide bonds. The Hall–Kier alpha value is -0.610. The van der Waals surface area contributed by atoms with Crippen molar-refractivity contribution >= 4 is 5.91 Å². The predicted molar refractivity (Wildman–Crippen MR) is 71.7 cm³/mol. The number of nitrogens with one attached hydrogen (secondary N) is 1. The summed E-state index contributed by atoms with van der Waals surface area (Å²) in [4.78, 5) is 12.3. The SMILES string of the molecule is CC1(C)[C@H]2CC[C@@]1(C)[C@H](NC(=O)[C@H]1COCCO1)C2. The van der Waals surface area contributed by atoms with Crippen LogP contribution in [-0.4, -0.2) is 37.9 Å². The van der Waals surface area contributed by atoms with Crippen LogP contribution in [-0.2, 0) is 14.3 Å². The van der Waals surface area contributed by atoms with E-state index in [1.54, 1.807) is 0 Å². The molecule has 0 spiro atoms. The number of hydrogen-bond donors (Lipinski definition) is 1. The van der Waals surface area contributed by atoms with E-state index in [1.165, 1.54) is 12.8 Å². The first-order chi connectivity index (χ1) is 8.95. The largest absolute Gasteiger partial charge is 0.376 e. The first-order valence-corrected chi connectivity index (χ1v) is 7.45. The summed E-state index contributed by atoms with van der Waals surface area (Å²) < 4.78 is 10.8. The minimum absolute atomic E-state index is 0.00859. The third-order valence-electron chi connectivity index (χ3n) is 6.22. The Kier molecular flexibility index (Phi) is 3.13. The lowest BCUT2D eigenvalue weighted by atomic mass is 9.69. The van der Waals surface area contributed by atoms with Gasteiger partial charge in [-0.1, -0.05) is 20.8 Å². The molecule has 1 aliphatic heterocycles. The highest BCUT2D eigenvalue weighted by molar-refractivity contribution is 5.81. The highest BCUT2D eigenvalue weighted by atomic mass is 16.6. The summed E-state index contributed by atoms with van der Waals surface area (Å²) in [6, 6.07) is 0.291. The summed E-state index contributed by atoms with van der Waals surface area (Å²) >= 11 is 0. The molecule has 2 aliphatic carbocycles. The van der Waals surface area contributed by atoms with Crippen molar-refractivity contribution < 1.29 is 14.3 Å². The summed E-state index contributed by atoms with van der Waals surface area (Å²) in [5, 5.41) is 3.23. The van der Waals surface area contributed by atoms with Crippen LogP contribution in [0.2, 0.25) is 0 Å². The molecular formula is C15H25NO3. The molecule has 4 nitrogen and oxygen atoms in total. The Bertz CT molecular complexity index is 376. The van der Waals surface area contributed by atoms with Gasteiger partial charge < -0.3 is 14.8 Å². The van der Waals surface area contributed by atoms with Crippen molar-refractivity contribution in [2.24, 2.45) is 16.7 Å². The lowest BCUT2D eigenvalue weighted by molar-refractivity contribution is -0.149. The molecule has 0 aromatic heterocycles. The van der Waals surface area contributed by atoms with Gasteiger partial charge in [0.25, 0.3) is 5.91 Å².